The minimum absolute atomic E-state index is 0.0430. The van der Waals surface area contributed by atoms with Crippen LogP contribution in [0.25, 0.3) is 0 Å². The Morgan fingerprint density at radius 1 is 1.38 bits per heavy atom. The lowest BCUT2D eigenvalue weighted by atomic mass is 9.88. The highest BCUT2D eigenvalue weighted by molar-refractivity contribution is 5.77. The summed E-state index contributed by atoms with van der Waals surface area (Å²) >= 11 is 0. The summed E-state index contributed by atoms with van der Waals surface area (Å²) in [7, 11) is 0. The summed E-state index contributed by atoms with van der Waals surface area (Å²) in [5.41, 5.74) is 1.37. The smallest absolute Gasteiger partial charge is 0.248 e. The molecule has 0 aromatic rings. The van der Waals surface area contributed by atoms with Crippen molar-refractivity contribution in [1.82, 2.24) is 4.90 Å². The second kappa shape index (κ2) is 12.9. The number of carbonyl (C=O) groups excluding carboxylic acids is 1. The molecule has 6 heteroatoms. The van der Waals surface area contributed by atoms with Crippen molar-refractivity contribution in [1.29, 1.82) is 0 Å². The zero-order chi connectivity index (χ0) is 22.9. The van der Waals surface area contributed by atoms with E-state index in [9.17, 15) is 15.0 Å². The summed E-state index contributed by atoms with van der Waals surface area (Å²) in [6.07, 6.45) is 12.5. The van der Waals surface area contributed by atoms with E-state index in [1.54, 1.807) is 4.90 Å². The maximum atomic E-state index is 12.2. The maximum Gasteiger partial charge on any atom is 0.248 e. The van der Waals surface area contributed by atoms with Crippen LogP contribution in [0.4, 0.5) is 0 Å². The number of nitrogens with zero attached hydrogens (tertiary/aromatic N) is 1. The molecule has 2 N–H and O–H groups in total. The lowest BCUT2D eigenvalue weighted by Crippen LogP contribution is -2.42. The number of fused-ring (bicyclic) bond motifs is 1. The Morgan fingerprint density at radius 2 is 2.16 bits per heavy atom. The maximum absolute atomic E-state index is 12.2. The number of rotatable bonds is 12. The van der Waals surface area contributed by atoms with Crippen LogP contribution in [0.3, 0.4) is 0 Å². The second-order valence-corrected chi connectivity index (χ2v) is 9.97. The van der Waals surface area contributed by atoms with Crippen LogP contribution in [0.2, 0.25) is 0 Å². The first-order chi connectivity index (χ1) is 15.5. The molecular weight excluding hydrogens is 406 g/mol. The van der Waals surface area contributed by atoms with E-state index in [0.717, 1.165) is 32.1 Å². The molecule has 0 unspecified atom stereocenters. The highest BCUT2D eigenvalue weighted by atomic mass is 16.5. The first-order valence-corrected chi connectivity index (χ1v) is 12.6. The molecule has 3 aliphatic rings. The third kappa shape index (κ3) is 7.41. The third-order valence-corrected chi connectivity index (χ3v) is 7.36. The van der Waals surface area contributed by atoms with Crippen LogP contribution < -0.4 is 0 Å². The molecule has 1 heterocycles. The van der Waals surface area contributed by atoms with Crippen molar-refractivity contribution in [3.05, 3.63) is 23.8 Å². The molecule has 0 spiro atoms. The number of aliphatic hydroxyl groups is 2. The quantitative estimate of drug-likeness (QED) is 0.353. The van der Waals surface area contributed by atoms with Gasteiger partial charge >= 0.3 is 0 Å². The van der Waals surface area contributed by atoms with Crippen molar-refractivity contribution in [3.8, 4) is 0 Å². The lowest BCUT2D eigenvalue weighted by Gasteiger charge is -2.26. The van der Waals surface area contributed by atoms with Crippen molar-refractivity contribution < 1.29 is 24.5 Å². The summed E-state index contributed by atoms with van der Waals surface area (Å²) in [5.74, 6) is 1.49. The van der Waals surface area contributed by atoms with Gasteiger partial charge in [-0.2, -0.15) is 0 Å². The molecule has 1 amide bonds. The van der Waals surface area contributed by atoms with Crippen LogP contribution in [0.15, 0.2) is 23.8 Å². The average Bonchev–Trinajstić information content (AvgIpc) is 3.30. The SMILES string of the molecule is CCCC[C@H](C)C[C@H](O)C=C[C@@H]1[C@H]2CC(CCOCC(=O)N3CCOCC3)=C[C@H]2C[C@H]1O. The van der Waals surface area contributed by atoms with E-state index in [-0.39, 0.29) is 24.5 Å². The van der Waals surface area contributed by atoms with E-state index in [2.05, 4.69) is 26.0 Å². The van der Waals surface area contributed by atoms with E-state index in [1.807, 2.05) is 6.08 Å². The van der Waals surface area contributed by atoms with Crippen LogP contribution in [0.1, 0.15) is 58.8 Å². The Morgan fingerprint density at radius 3 is 2.91 bits per heavy atom. The summed E-state index contributed by atoms with van der Waals surface area (Å²) in [5, 5.41) is 21.0. The fraction of sp³-hybridized carbons (Fsp3) is 0.808. The van der Waals surface area contributed by atoms with Gasteiger partial charge in [0.1, 0.15) is 6.61 Å². The van der Waals surface area contributed by atoms with Crippen LogP contribution in [-0.2, 0) is 14.3 Å². The molecular formula is C26H43NO5. The van der Waals surface area contributed by atoms with Gasteiger partial charge in [-0.15, -0.1) is 0 Å². The van der Waals surface area contributed by atoms with Gasteiger partial charge < -0.3 is 24.6 Å². The minimum atomic E-state index is -0.431. The van der Waals surface area contributed by atoms with Gasteiger partial charge in [-0.3, -0.25) is 4.79 Å². The third-order valence-electron chi connectivity index (χ3n) is 7.36. The van der Waals surface area contributed by atoms with Gasteiger partial charge in [-0.05, 0) is 43.4 Å². The molecule has 0 aromatic heterocycles. The largest absolute Gasteiger partial charge is 0.392 e. The summed E-state index contributed by atoms with van der Waals surface area (Å²) < 4.78 is 10.9. The van der Waals surface area contributed by atoms with Gasteiger partial charge in [0.25, 0.3) is 0 Å². The van der Waals surface area contributed by atoms with Crippen molar-refractivity contribution >= 4 is 5.91 Å². The number of unbranched alkanes of at least 4 members (excludes halogenated alkanes) is 1. The first-order valence-electron chi connectivity index (χ1n) is 12.6. The molecule has 2 fully saturated rings. The van der Waals surface area contributed by atoms with E-state index >= 15 is 0 Å². The van der Waals surface area contributed by atoms with Crippen LogP contribution in [0.5, 0.6) is 0 Å². The number of morpholine rings is 1. The van der Waals surface area contributed by atoms with E-state index in [0.29, 0.717) is 50.7 Å². The number of amides is 1. The Labute approximate surface area is 193 Å². The predicted octanol–water partition coefficient (Wildman–Crippen LogP) is 3.33. The van der Waals surface area contributed by atoms with Gasteiger partial charge in [-0.25, -0.2) is 0 Å². The molecule has 6 atom stereocenters. The van der Waals surface area contributed by atoms with Crippen LogP contribution in [0, 0.1) is 23.7 Å². The standard InChI is InChI=1S/C26H43NO5/c1-3-4-5-19(2)14-22(28)6-7-23-24-16-20(15-21(24)17-25(23)29)8-11-32-18-26(30)27-9-12-31-13-10-27/h6-7,15,19,21-25,28-29H,3-5,8-14,16-18H2,1-2H3/t19-,21-,22+,23+,24-,25+/m0/s1. The highest BCUT2D eigenvalue weighted by Gasteiger charge is 2.43. The summed E-state index contributed by atoms with van der Waals surface area (Å²) in [6.45, 7) is 7.62. The van der Waals surface area contributed by atoms with Gasteiger partial charge in [-0.1, -0.05) is 56.9 Å². The van der Waals surface area contributed by atoms with Crippen molar-refractivity contribution in [2.45, 2.75) is 71.0 Å². The number of ether oxygens (including phenoxy) is 2. The zero-order valence-electron chi connectivity index (χ0n) is 20.0. The Balaban J connectivity index is 1.38. The molecule has 2 aliphatic carbocycles. The predicted molar refractivity (Wildman–Crippen MR) is 125 cm³/mol. The molecule has 1 saturated heterocycles. The lowest BCUT2D eigenvalue weighted by molar-refractivity contribution is -0.140. The topological polar surface area (TPSA) is 79.2 Å². The van der Waals surface area contributed by atoms with Crippen molar-refractivity contribution in [3.63, 3.8) is 0 Å². The second-order valence-electron chi connectivity index (χ2n) is 9.97. The molecule has 32 heavy (non-hydrogen) atoms. The number of aliphatic hydroxyl groups excluding tert-OH is 2. The van der Waals surface area contributed by atoms with E-state index in [1.165, 1.54) is 18.4 Å². The number of carbonyl (C=O) groups is 1. The normalized spacial score (nSPS) is 29.9. The van der Waals surface area contributed by atoms with Crippen molar-refractivity contribution in [2.75, 3.05) is 39.5 Å². The van der Waals surface area contributed by atoms with Crippen molar-refractivity contribution in [2.24, 2.45) is 23.7 Å². The van der Waals surface area contributed by atoms with Gasteiger partial charge in [0.15, 0.2) is 0 Å². The number of hydrogen-bond donors (Lipinski definition) is 2. The molecule has 3 rings (SSSR count). The van der Waals surface area contributed by atoms with E-state index < -0.39 is 6.10 Å². The van der Waals surface area contributed by atoms with Crippen LogP contribution >= 0.6 is 0 Å². The summed E-state index contributed by atoms with van der Waals surface area (Å²) in [6, 6.07) is 0. The molecule has 1 aliphatic heterocycles. The molecule has 0 bridgehead atoms. The van der Waals surface area contributed by atoms with Gasteiger partial charge in [0.2, 0.25) is 5.91 Å². The van der Waals surface area contributed by atoms with Gasteiger partial charge in [0, 0.05) is 19.0 Å². The fourth-order valence-corrected chi connectivity index (χ4v) is 5.48. The molecule has 0 aromatic carbocycles. The number of allylic oxidation sites excluding steroid dienone is 1. The Bertz CT molecular complexity index is 642. The van der Waals surface area contributed by atoms with E-state index in [4.69, 9.17) is 9.47 Å². The fourth-order valence-electron chi connectivity index (χ4n) is 5.48. The molecule has 182 valence electrons. The monoisotopic (exact) mass is 449 g/mol. The molecule has 0 radical (unpaired) electrons. The highest BCUT2D eigenvalue weighted by Crippen LogP contribution is 2.48. The minimum Gasteiger partial charge on any atom is -0.392 e. The van der Waals surface area contributed by atoms with Crippen LogP contribution in [-0.4, -0.2) is 72.7 Å². The first kappa shape index (κ1) is 25.4. The van der Waals surface area contributed by atoms with Gasteiger partial charge in [0.05, 0.1) is 32.0 Å². The zero-order valence-corrected chi connectivity index (χ0v) is 20.0. The Hall–Kier alpha value is -1.21. The summed E-state index contributed by atoms with van der Waals surface area (Å²) in [4.78, 5) is 14.0. The Kier molecular flexibility index (Phi) is 10.2. The number of hydrogen-bond acceptors (Lipinski definition) is 5. The average molecular weight is 450 g/mol. The molecule has 1 saturated carbocycles. The molecule has 6 nitrogen and oxygen atoms in total.